The average molecular weight is 362 g/mol. The highest BCUT2D eigenvalue weighted by molar-refractivity contribution is 6.32. The van der Waals surface area contributed by atoms with Crippen LogP contribution in [0.25, 0.3) is 0 Å². The van der Waals surface area contributed by atoms with Crippen LogP contribution in [-0.2, 0) is 13.2 Å². The molecule has 3 aromatic rings. The molecule has 1 N–H and O–H groups in total. The number of carbonyl (C=O) groups is 1. The molecule has 0 aliphatic rings. The molecule has 1 aromatic carbocycles. The molecule has 128 valence electrons. The number of pyridine rings is 1. The van der Waals surface area contributed by atoms with Crippen LogP contribution in [0.2, 0.25) is 5.02 Å². The molecular weight excluding hydrogens is 349 g/mol. The van der Waals surface area contributed by atoms with Crippen LogP contribution >= 0.6 is 11.6 Å². The molecule has 0 saturated carbocycles. The van der Waals surface area contributed by atoms with Crippen molar-refractivity contribution in [3.05, 3.63) is 77.0 Å². The number of nitrogens with zero attached hydrogens (tertiary/aromatic N) is 2. The van der Waals surface area contributed by atoms with Gasteiger partial charge in [0, 0.05) is 18.9 Å². The summed E-state index contributed by atoms with van der Waals surface area (Å²) < 4.78 is 23.6. The van der Waals surface area contributed by atoms with Crippen molar-refractivity contribution < 1.29 is 18.3 Å². The van der Waals surface area contributed by atoms with E-state index in [1.54, 1.807) is 18.5 Å². The number of oxazole rings is 1. The van der Waals surface area contributed by atoms with E-state index in [0.29, 0.717) is 12.3 Å². The molecule has 1 amide bonds. The Morgan fingerprint density at radius 2 is 2.24 bits per heavy atom. The van der Waals surface area contributed by atoms with Crippen LogP contribution in [0.4, 0.5) is 4.39 Å². The van der Waals surface area contributed by atoms with E-state index in [-0.39, 0.29) is 29.1 Å². The Kier molecular flexibility index (Phi) is 5.25. The smallest absolute Gasteiger partial charge is 0.273 e. The van der Waals surface area contributed by atoms with Crippen LogP contribution in [-0.4, -0.2) is 15.9 Å². The van der Waals surface area contributed by atoms with Gasteiger partial charge in [0.1, 0.15) is 17.8 Å². The quantitative estimate of drug-likeness (QED) is 0.728. The molecule has 0 spiro atoms. The van der Waals surface area contributed by atoms with Crippen molar-refractivity contribution in [2.75, 3.05) is 0 Å². The lowest BCUT2D eigenvalue weighted by atomic mass is 10.3. The van der Waals surface area contributed by atoms with Crippen LogP contribution in [0.5, 0.6) is 5.75 Å². The first-order valence-electron chi connectivity index (χ1n) is 7.31. The fraction of sp³-hybridized carbons (Fsp3) is 0.118. The molecule has 0 bridgehead atoms. The molecule has 0 aliphatic heterocycles. The SMILES string of the molecule is O=C(NCc1cccnc1)c1coc(COc2ccc(F)cc2Cl)n1. The molecule has 0 aliphatic carbocycles. The molecule has 2 heterocycles. The number of benzene rings is 1. The third-order valence-corrected chi connectivity index (χ3v) is 3.50. The van der Waals surface area contributed by atoms with Gasteiger partial charge < -0.3 is 14.5 Å². The Bertz CT molecular complexity index is 871. The lowest BCUT2D eigenvalue weighted by Gasteiger charge is -2.05. The van der Waals surface area contributed by atoms with Gasteiger partial charge in [-0.05, 0) is 29.8 Å². The normalized spacial score (nSPS) is 10.5. The maximum atomic E-state index is 13.0. The maximum Gasteiger partial charge on any atom is 0.273 e. The van der Waals surface area contributed by atoms with E-state index >= 15 is 0 Å². The summed E-state index contributed by atoms with van der Waals surface area (Å²) in [5.41, 5.74) is 1.00. The van der Waals surface area contributed by atoms with Gasteiger partial charge in [-0.15, -0.1) is 0 Å². The largest absolute Gasteiger partial charge is 0.482 e. The summed E-state index contributed by atoms with van der Waals surface area (Å²) in [5, 5.41) is 2.85. The van der Waals surface area contributed by atoms with Gasteiger partial charge in [-0.1, -0.05) is 17.7 Å². The molecule has 0 saturated heterocycles. The number of halogens is 2. The van der Waals surface area contributed by atoms with Crippen LogP contribution in [0, 0.1) is 5.82 Å². The van der Waals surface area contributed by atoms with Crippen molar-refractivity contribution in [2.24, 2.45) is 0 Å². The number of amides is 1. The molecule has 8 heteroatoms. The van der Waals surface area contributed by atoms with E-state index in [1.165, 1.54) is 18.4 Å². The zero-order valence-corrected chi connectivity index (χ0v) is 13.7. The van der Waals surface area contributed by atoms with Gasteiger partial charge in [0.15, 0.2) is 12.3 Å². The third kappa shape index (κ3) is 4.54. The Morgan fingerprint density at radius 3 is 3.00 bits per heavy atom. The minimum absolute atomic E-state index is 0.0404. The van der Waals surface area contributed by atoms with Crippen molar-refractivity contribution in [2.45, 2.75) is 13.2 Å². The number of ether oxygens (including phenoxy) is 1. The van der Waals surface area contributed by atoms with Gasteiger partial charge in [0.05, 0.1) is 5.02 Å². The number of rotatable bonds is 6. The molecule has 0 atom stereocenters. The molecule has 2 aromatic heterocycles. The maximum absolute atomic E-state index is 13.0. The standard InChI is InChI=1S/C17H13ClFN3O3/c18-13-6-12(19)3-4-15(13)24-10-16-22-14(9-25-16)17(23)21-8-11-2-1-5-20-7-11/h1-7,9H,8,10H2,(H,21,23). The second-order valence-electron chi connectivity index (χ2n) is 5.03. The number of hydrogen-bond donors (Lipinski definition) is 1. The van der Waals surface area contributed by atoms with E-state index in [9.17, 15) is 9.18 Å². The van der Waals surface area contributed by atoms with Crippen LogP contribution in [0.15, 0.2) is 53.4 Å². The second kappa shape index (κ2) is 7.76. The lowest BCUT2D eigenvalue weighted by molar-refractivity contribution is 0.0946. The summed E-state index contributed by atoms with van der Waals surface area (Å²) in [7, 11) is 0. The highest BCUT2D eigenvalue weighted by atomic mass is 35.5. The fourth-order valence-electron chi connectivity index (χ4n) is 1.99. The third-order valence-electron chi connectivity index (χ3n) is 3.21. The van der Waals surface area contributed by atoms with Gasteiger partial charge in [0.2, 0.25) is 5.89 Å². The zero-order valence-electron chi connectivity index (χ0n) is 12.9. The minimum atomic E-state index is -0.457. The van der Waals surface area contributed by atoms with E-state index in [2.05, 4.69) is 15.3 Å². The first-order valence-corrected chi connectivity index (χ1v) is 7.69. The Morgan fingerprint density at radius 1 is 1.36 bits per heavy atom. The first kappa shape index (κ1) is 16.9. The minimum Gasteiger partial charge on any atom is -0.482 e. The van der Waals surface area contributed by atoms with Gasteiger partial charge in [-0.2, -0.15) is 0 Å². The molecule has 0 radical (unpaired) electrons. The van der Waals surface area contributed by atoms with Crippen LogP contribution in [0.1, 0.15) is 21.9 Å². The fourth-order valence-corrected chi connectivity index (χ4v) is 2.21. The number of aromatic nitrogens is 2. The summed E-state index contributed by atoms with van der Waals surface area (Å²) in [4.78, 5) is 20.1. The van der Waals surface area contributed by atoms with Crippen molar-refractivity contribution in [1.82, 2.24) is 15.3 Å². The number of hydrogen-bond acceptors (Lipinski definition) is 5. The highest BCUT2D eigenvalue weighted by Crippen LogP contribution is 2.25. The summed E-state index contributed by atoms with van der Waals surface area (Å²) in [6.07, 6.45) is 4.56. The summed E-state index contributed by atoms with van der Waals surface area (Å²) >= 11 is 5.87. The monoisotopic (exact) mass is 361 g/mol. The molecular formula is C17H13ClFN3O3. The van der Waals surface area contributed by atoms with Crippen LogP contribution in [0.3, 0.4) is 0 Å². The molecule has 0 fully saturated rings. The topological polar surface area (TPSA) is 77.2 Å². The van der Waals surface area contributed by atoms with Gasteiger partial charge in [-0.25, -0.2) is 9.37 Å². The number of nitrogens with one attached hydrogen (secondary N) is 1. The Labute approximate surface area is 147 Å². The second-order valence-corrected chi connectivity index (χ2v) is 5.44. The molecule has 3 rings (SSSR count). The van der Waals surface area contributed by atoms with Crippen molar-refractivity contribution in [1.29, 1.82) is 0 Å². The molecule has 25 heavy (non-hydrogen) atoms. The predicted molar refractivity (Wildman–Crippen MR) is 87.7 cm³/mol. The summed E-state index contributed by atoms with van der Waals surface area (Å²) in [6, 6.07) is 7.41. The van der Waals surface area contributed by atoms with Crippen molar-refractivity contribution >= 4 is 17.5 Å². The van der Waals surface area contributed by atoms with E-state index in [1.807, 2.05) is 6.07 Å². The summed E-state index contributed by atoms with van der Waals surface area (Å²) in [5.74, 6) is -0.338. The first-order chi connectivity index (χ1) is 12.1. The van der Waals surface area contributed by atoms with E-state index < -0.39 is 5.82 Å². The van der Waals surface area contributed by atoms with Gasteiger partial charge >= 0.3 is 0 Å². The Balaban J connectivity index is 1.55. The zero-order chi connectivity index (χ0) is 17.6. The van der Waals surface area contributed by atoms with Gasteiger partial charge in [0.25, 0.3) is 5.91 Å². The molecule has 6 nitrogen and oxygen atoms in total. The predicted octanol–water partition coefficient (Wildman–Crippen LogP) is 3.37. The van der Waals surface area contributed by atoms with Gasteiger partial charge in [-0.3, -0.25) is 9.78 Å². The van der Waals surface area contributed by atoms with Crippen molar-refractivity contribution in [3.63, 3.8) is 0 Å². The lowest BCUT2D eigenvalue weighted by Crippen LogP contribution is -2.23. The summed E-state index contributed by atoms with van der Waals surface area (Å²) in [6.45, 7) is 0.289. The van der Waals surface area contributed by atoms with Crippen molar-refractivity contribution in [3.8, 4) is 5.75 Å². The van der Waals surface area contributed by atoms with E-state index in [4.69, 9.17) is 20.8 Å². The number of carbonyl (C=O) groups excluding carboxylic acids is 1. The van der Waals surface area contributed by atoms with E-state index in [0.717, 1.165) is 11.6 Å². The van der Waals surface area contributed by atoms with Crippen LogP contribution < -0.4 is 10.1 Å². The Hall–Kier alpha value is -2.93. The highest BCUT2D eigenvalue weighted by Gasteiger charge is 2.13. The average Bonchev–Trinajstić information content (AvgIpc) is 3.09. The molecule has 0 unspecified atom stereocenters.